The molecular formula is C60H63N3O8-2. The number of aromatic hydroxyl groups is 2. The predicted octanol–water partition coefficient (Wildman–Crippen LogP) is 9.50. The molecule has 5 bridgehead atoms. The molecule has 4 aliphatic carbocycles. The van der Waals surface area contributed by atoms with Crippen molar-refractivity contribution in [3.8, 4) is 29.1 Å². The van der Waals surface area contributed by atoms with Crippen LogP contribution in [-0.4, -0.2) is 72.5 Å². The van der Waals surface area contributed by atoms with E-state index in [2.05, 4.69) is 35.0 Å². The SMILES string of the molecule is O=C1CCc2cc(c(O)c(OC3CCCC3)c2)Cc2ccc3c(c2)Cc2cc[nH]c2[N-]C(C#CCC(O)C32CCCC2)C2=Cc3[n-]ccc3C(CC3(O)C=Cc4c(O)cccc4CC3)C2C(=O)C1CCO. The fourth-order valence-electron chi connectivity index (χ4n) is 13.1. The number of hydrogen-bond acceptors (Lipinski definition) is 8. The Morgan fingerprint density at radius 2 is 1.69 bits per heavy atom. The largest absolute Gasteiger partial charge is 0.664 e. The Kier molecular flexibility index (Phi) is 12.8. The van der Waals surface area contributed by atoms with Crippen molar-refractivity contribution in [1.29, 1.82) is 0 Å². The van der Waals surface area contributed by atoms with Crippen molar-refractivity contribution in [3.05, 3.63) is 146 Å². The van der Waals surface area contributed by atoms with Gasteiger partial charge in [-0.1, -0.05) is 103 Å². The van der Waals surface area contributed by atoms with E-state index in [1.54, 1.807) is 30.5 Å². The highest BCUT2D eigenvalue weighted by molar-refractivity contribution is 6.05. The zero-order valence-electron chi connectivity index (χ0n) is 40.2. The molecule has 6 aliphatic rings. The van der Waals surface area contributed by atoms with Crippen LogP contribution in [0.4, 0.5) is 5.82 Å². The van der Waals surface area contributed by atoms with Crippen LogP contribution >= 0.6 is 0 Å². The van der Waals surface area contributed by atoms with Crippen molar-refractivity contribution in [2.45, 2.75) is 144 Å². The van der Waals surface area contributed by atoms with Gasteiger partial charge in [0, 0.05) is 54.4 Å². The number of aromatic amines is 1. The maximum absolute atomic E-state index is 16.0. The number of rotatable bonds is 6. The molecular weight excluding hydrogens is 891 g/mol. The third-order valence-corrected chi connectivity index (χ3v) is 16.8. The number of aryl methyl sites for hydroxylation is 2. The number of H-pyrrole nitrogens is 1. The van der Waals surface area contributed by atoms with Crippen LogP contribution < -0.4 is 9.72 Å². The summed E-state index contributed by atoms with van der Waals surface area (Å²) in [5.41, 5.74) is 6.99. The summed E-state index contributed by atoms with van der Waals surface area (Å²) in [7, 11) is 0. The van der Waals surface area contributed by atoms with Crippen molar-refractivity contribution in [2.75, 3.05) is 6.61 Å². The van der Waals surface area contributed by atoms with Crippen molar-refractivity contribution in [3.63, 3.8) is 0 Å². The molecule has 6 unspecified atom stereocenters. The summed E-state index contributed by atoms with van der Waals surface area (Å²) in [6.07, 6.45) is 17.6. The van der Waals surface area contributed by atoms with E-state index in [1.807, 2.05) is 42.6 Å². The first kappa shape index (κ1) is 47.0. The van der Waals surface area contributed by atoms with Gasteiger partial charge in [0.2, 0.25) is 0 Å². The second-order valence-electron chi connectivity index (χ2n) is 21.2. The zero-order valence-corrected chi connectivity index (χ0v) is 40.2. The van der Waals surface area contributed by atoms with Crippen LogP contribution in [0.3, 0.4) is 0 Å². The highest BCUT2D eigenvalue weighted by atomic mass is 16.5. The number of phenolic OH excluding ortho intramolecular Hbond substituents is 2. The number of aromatic nitrogens is 2. The smallest absolute Gasteiger partial charge is 0.161 e. The highest BCUT2D eigenvalue weighted by Gasteiger charge is 2.46. The molecule has 4 heterocycles. The summed E-state index contributed by atoms with van der Waals surface area (Å²) < 4.78 is 6.53. The maximum Gasteiger partial charge on any atom is 0.161 e. The van der Waals surface area contributed by atoms with Gasteiger partial charge in [-0.05, 0) is 134 Å². The number of aliphatic hydroxyl groups is 3. The van der Waals surface area contributed by atoms with Crippen LogP contribution in [-0.2, 0) is 40.7 Å². The maximum atomic E-state index is 16.0. The summed E-state index contributed by atoms with van der Waals surface area (Å²) >= 11 is 0. The molecule has 2 aromatic heterocycles. The Balaban J connectivity index is 1.08. The summed E-state index contributed by atoms with van der Waals surface area (Å²) in [5, 5.41) is 64.1. The fraction of sp³-hybridized carbons (Fsp3) is 0.433. The lowest BCUT2D eigenvalue weighted by molar-refractivity contribution is -0.135. The molecule has 6 N–H and O–H groups in total. The Morgan fingerprint density at radius 1 is 0.859 bits per heavy atom. The highest BCUT2D eigenvalue weighted by Crippen LogP contribution is 2.51. The van der Waals surface area contributed by atoms with Gasteiger partial charge in [-0.3, -0.25) is 9.59 Å². The van der Waals surface area contributed by atoms with Gasteiger partial charge < -0.3 is 45.6 Å². The molecule has 368 valence electrons. The van der Waals surface area contributed by atoms with Gasteiger partial charge in [0.05, 0.1) is 23.7 Å². The molecule has 3 aromatic carbocycles. The molecule has 71 heavy (non-hydrogen) atoms. The van der Waals surface area contributed by atoms with Gasteiger partial charge in [-0.2, -0.15) is 6.20 Å². The summed E-state index contributed by atoms with van der Waals surface area (Å²) in [6.45, 7) is -0.404. The first-order valence-electron chi connectivity index (χ1n) is 25.9. The zero-order chi connectivity index (χ0) is 48.9. The molecule has 2 fully saturated rings. The van der Waals surface area contributed by atoms with Gasteiger partial charge >= 0.3 is 0 Å². The van der Waals surface area contributed by atoms with Gasteiger partial charge in [0.15, 0.2) is 17.3 Å². The van der Waals surface area contributed by atoms with Gasteiger partial charge in [0.1, 0.15) is 11.5 Å². The number of carbonyl (C=O) groups is 2. The van der Waals surface area contributed by atoms with Crippen molar-refractivity contribution < 1.29 is 39.9 Å². The number of Topliss-reactive ketones (excluding diaryl/α,β-unsaturated/α-hetero) is 2. The fourth-order valence-corrected chi connectivity index (χ4v) is 13.1. The predicted molar refractivity (Wildman–Crippen MR) is 272 cm³/mol. The third-order valence-electron chi connectivity index (χ3n) is 16.8. The van der Waals surface area contributed by atoms with E-state index in [-0.39, 0.29) is 61.3 Å². The first-order valence-corrected chi connectivity index (χ1v) is 25.9. The Morgan fingerprint density at radius 3 is 2.52 bits per heavy atom. The summed E-state index contributed by atoms with van der Waals surface area (Å²) in [5.74, 6) is 4.37. The summed E-state index contributed by atoms with van der Waals surface area (Å²) in [6, 6.07) is 18.6. The molecule has 0 saturated heterocycles. The van der Waals surface area contributed by atoms with E-state index in [4.69, 9.17) is 15.0 Å². The normalized spacial score (nSPS) is 26.1. The molecule has 11 nitrogen and oxygen atoms in total. The standard InChI is InChI=1S/C60H63N3O8/c64-28-21-45-52(66)16-14-37-31-41(56(68)53(32-37)71-42-8-1-2-9-42)30-36-13-15-48-40(29-36)33-39-19-26-62-58(39)63-49(10-6-12-54(67)60(48)22-3-4-23-60)46-34-50-44(20-27-61-50)47(55(46)57(45)69)35-59(70)24-17-38-7-5-11-51(65)43(38)18-25-59/h5,7,11,13,15,18-20,25-27,29,31-32,34,42,45,47,49,54-55,62,64-65,67-68,70H,1-4,8-9,12,14,16-17,21-24,28,30,33,35H2/q-2. The van der Waals surface area contributed by atoms with Gasteiger partial charge in [-0.25, -0.2) is 0 Å². The lowest BCUT2D eigenvalue weighted by atomic mass is 9.65. The van der Waals surface area contributed by atoms with E-state index in [9.17, 15) is 30.3 Å². The van der Waals surface area contributed by atoms with E-state index in [0.717, 1.165) is 90.3 Å². The van der Waals surface area contributed by atoms with Gasteiger partial charge in [-0.15, -0.1) is 11.6 Å². The van der Waals surface area contributed by atoms with Crippen molar-refractivity contribution in [2.24, 2.45) is 11.8 Å². The molecule has 1 spiro atoms. The first-order chi connectivity index (χ1) is 34.5. The quantitative estimate of drug-likeness (QED) is 0.0712. The van der Waals surface area contributed by atoms with E-state index in [0.29, 0.717) is 59.6 Å². The van der Waals surface area contributed by atoms with E-state index in [1.165, 1.54) is 0 Å². The van der Waals surface area contributed by atoms with E-state index < -0.39 is 47.5 Å². The van der Waals surface area contributed by atoms with Crippen LogP contribution in [0, 0.1) is 23.7 Å². The molecule has 11 rings (SSSR count). The third kappa shape index (κ3) is 9.04. The Bertz CT molecular complexity index is 2970. The van der Waals surface area contributed by atoms with Crippen LogP contribution in [0.15, 0.2) is 84.7 Å². The minimum Gasteiger partial charge on any atom is -0.664 e. The van der Waals surface area contributed by atoms with E-state index >= 15 is 4.79 Å². The average molecular weight is 954 g/mol. The Hall–Kier alpha value is -6.32. The second-order valence-corrected chi connectivity index (χ2v) is 21.2. The minimum absolute atomic E-state index is 0.00417. The molecule has 5 aromatic rings. The molecule has 0 radical (unpaired) electrons. The number of carbonyl (C=O) groups excluding carboxylic acids is 2. The van der Waals surface area contributed by atoms with Crippen molar-refractivity contribution in [1.82, 2.24) is 9.97 Å². The van der Waals surface area contributed by atoms with Crippen LogP contribution in [0.25, 0.3) is 17.5 Å². The number of nitrogens with one attached hydrogen (secondary N) is 1. The molecule has 2 saturated carbocycles. The Labute approximate surface area is 415 Å². The average Bonchev–Trinajstić information content (AvgIpc) is 4.21. The van der Waals surface area contributed by atoms with Crippen LogP contribution in [0.1, 0.15) is 145 Å². The lowest BCUT2D eigenvalue weighted by Gasteiger charge is -2.42. The van der Waals surface area contributed by atoms with Crippen molar-refractivity contribution >= 4 is 29.5 Å². The van der Waals surface area contributed by atoms with Gasteiger partial charge in [0.25, 0.3) is 0 Å². The lowest BCUT2D eigenvalue weighted by Crippen LogP contribution is -2.41. The molecule has 2 aliphatic heterocycles. The number of benzene rings is 3. The monoisotopic (exact) mass is 953 g/mol. The number of nitrogens with zero attached hydrogens (tertiary/aromatic N) is 2. The number of ketones is 2. The topological polar surface area (TPSA) is 189 Å². The van der Waals surface area contributed by atoms with Crippen LogP contribution in [0.5, 0.6) is 17.2 Å². The number of phenols is 2. The minimum atomic E-state index is -1.45. The summed E-state index contributed by atoms with van der Waals surface area (Å²) in [4.78, 5) is 39.0. The molecule has 6 atom stereocenters. The number of aliphatic hydroxyl groups excluding tert-OH is 2. The van der Waals surface area contributed by atoms with Crippen LogP contribution in [0.2, 0.25) is 0 Å². The molecule has 11 heteroatoms. The number of fused-ring (bicyclic) bond motifs is 9. The second kappa shape index (κ2) is 19.4. The number of hydrogen-bond donors (Lipinski definition) is 6. The number of ether oxygens (including phenoxy) is 1. The molecule has 0 amide bonds.